The molecule has 0 amide bonds. The molecule has 2 heteroatoms. The summed E-state index contributed by atoms with van der Waals surface area (Å²) >= 11 is 2.10. The molecule has 1 nitrogen and oxygen atoms in total. The van der Waals surface area contributed by atoms with Crippen LogP contribution in [0.25, 0.3) is 27.6 Å². The minimum atomic E-state index is 0.0712. The van der Waals surface area contributed by atoms with Gasteiger partial charge in [-0.15, -0.1) is 0 Å². The van der Waals surface area contributed by atoms with Crippen LogP contribution >= 0.6 is 0 Å². The average Bonchev–Trinajstić information content (AvgIpc) is 2.60. The first-order valence-electron chi connectivity index (χ1n) is 8.86. The molecule has 0 unspecified atom stereocenters. The normalized spacial score (nSPS) is 12.4. The van der Waals surface area contributed by atoms with Crippen LogP contribution in [0.1, 0.15) is 38.8 Å². The second-order valence-corrected chi connectivity index (χ2v) is 8.83. The van der Waals surface area contributed by atoms with Gasteiger partial charge in [-0.1, -0.05) is 0 Å². The van der Waals surface area contributed by atoms with Crippen LogP contribution in [0.5, 0.6) is 0 Å². The molecule has 0 bridgehead atoms. The molecule has 0 aliphatic rings. The summed E-state index contributed by atoms with van der Waals surface area (Å²) in [5.74, 6) is 0. The zero-order valence-corrected chi connectivity index (χ0v) is 18.0. The Balaban J connectivity index is 2.25. The maximum absolute atomic E-state index is 4.73. The molecule has 0 saturated heterocycles. The second-order valence-electron chi connectivity index (χ2n) is 7.70. The number of hydrogen-bond donors (Lipinski definition) is 0. The molecule has 3 rings (SSSR count). The van der Waals surface area contributed by atoms with E-state index in [-0.39, 0.29) is 5.41 Å². The molecule has 0 aliphatic carbocycles. The van der Waals surface area contributed by atoms with Crippen molar-refractivity contribution in [3.8, 4) is 11.3 Å². The van der Waals surface area contributed by atoms with E-state index in [0.29, 0.717) is 0 Å². The predicted molar refractivity (Wildman–Crippen MR) is 115 cm³/mol. The summed E-state index contributed by atoms with van der Waals surface area (Å²) < 4.78 is 1.18. The standard InChI is InChI=1S/C24H24GeN/c1-6-9-16(2)20-14-23(26-15-22(20)25)18-12-17-10-7-8-11-19(17)21(13-18)24(3,4)5/h6-15H,1H2,2-5H3/b16-9+. The topological polar surface area (TPSA) is 12.9 Å². The third kappa shape index (κ3) is 3.68. The third-order valence-electron chi connectivity index (χ3n) is 4.66. The number of fused-ring (bicyclic) bond motifs is 1. The Morgan fingerprint density at radius 2 is 1.85 bits per heavy atom. The van der Waals surface area contributed by atoms with E-state index < -0.39 is 0 Å². The van der Waals surface area contributed by atoms with Crippen LogP contribution in [0.4, 0.5) is 0 Å². The Kier molecular flexibility index (Phi) is 5.20. The monoisotopic (exact) mass is 400 g/mol. The molecular weight excluding hydrogens is 375 g/mol. The van der Waals surface area contributed by atoms with E-state index in [4.69, 9.17) is 4.98 Å². The van der Waals surface area contributed by atoms with Crippen LogP contribution in [-0.4, -0.2) is 21.5 Å². The number of hydrogen-bond acceptors (Lipinski definition) is 1. The first-order valence-corrected chi connectivity index (χ1v) is 9.91. The van der Waals surface area contributed by atoms with Crippen molar-refractivity contribution in [1.82, 2.24) is 4.98 Å². The van der Waals surface area contributed by atoms with E-state index in [9.17, 15) is 0 Å². The molecule has 3 radical (unpaired) electrons. The Labute approximate surface area is 165 Å². The summed E-state index contributed by atoms with van der Waals surface area (Å²) in [6, 6.07) is 15.4. The van der Waals surface area contributed by atoms with Crippen LogP contribution in [0.2, 0.25) is 0 Å². The van der Waals surface area contributed by atoms with Gasteiger partial charge in [-0.3, -0.25) is 0 Å². The summed E-state index contributed by atoms with van der Waals surface area (Å²) in [7, 11) is 0. The van der Waals surface area contributed by atoms with Crippen LogP contribution in [-0.2, 0) is 5.41 Å². The molecule has 0 N–H and O–H groups in total. The van der Waals surface area contributed by atoms with Crippen molar-refractivity contribution < 1.29 is 0 Å². The van der Waals surface area contributed by atoms with E-state index in [1.807, 2.05) is 18.3 Å². The Bertz CT molecular complexity index is 1010. The molecule has 0 saturated carbocycles. The molecule has 0 fully saturated rings. The average molecular weight is 399 g/mol. The van der Waals surface area contributed by atoms with Crippen molar-refractivity contribution in [2.24, 2.45) is 0 Å². The van der Waals surface area contributed by atoms with Crippen molar-refractivity contribution in [2.45, 2.75) is 33.1 Å². The van der Waals surface area contributed by atoms with E-state index in [0.717, 1.165) is 5.69 Å². The van der Waals surface area contributed by atoms with Gasteiger partial charge in [0.1, 0.15) is 0 Å². The van der Waals surface area contributed by atoms with Gasteiger partial charge >= 0.3 is 165 Å². The van der Waals surface area contributed by atoms with Gasteiger partial charge in [-0.2, -0.15) is 0 Å². The van der Waals surface area contributed by atoms with Gasteiger partial charge in [-0.25, -0.2) is 0 Å². The number of pyridine rings is 1. The maximum atomic E-state index is 4.73. The molecule has 1 heterocycles. The van der Waals surface area contributed by atoms with Crippen molar-refractivity contribution in [1.29, 1.82) is 0 Å². The van der Waals surface area contributed by atoms with Gasteiger partial charge in [0.05, 0.1) is 0 Å². The molecule has 3 aromatic rings. The van der Waals surface area contributed by atoms with Gasteiger partial charge in [0, 0.05) is 0 Å². The summed E-state index contributed by atoms with van der Waals surface area (Å²) in [4.78, 5) is 4.73. The summed E-state index contributed by atoms with van der Waals surface area (Å²) in [5.41, 5.74) is 6.04. The molecule has 0 spiro atoms. The fourth-order valence-electron chi connectivity index (χ4n) is 3.29. The molecule has 0 atom stereocenters. The fourth-order valence-corrected chi connectivity index (χ4v) is 3.99. The molecule has 129 valence electrons. The van der Waals surface area contributed by atoms with Crippen molar-refractivity contribution >= 4 is 37.3 Å². The predicted octanol–water partition coefficient (Wildman–Crippen LogP) is 5.58. The van der Waals surface area contributed by atoms with E-state index in [1.165, 1.54) is 37.4 Å². The van der Waals surface area contributed by atoms with Crippen LogP contribution in [0.15, 0.2) is 67.4 Å². The molecule has 0 aliphatic heterocycles. The zero-order chi connectivity index (χ0) is 18.9. The minimum absolute atomic E-state index is 0.0712. The Morgan fingerprint density at radius 3 is 2.54 bits per heavy atom. The van der Waals surface area contributed by atoms with Crippen LogP contribution in [0, 0.1) is 0 Å². The van der Waals surface area contributed by atoms with Gasteiger partial charge in [0.25, 0.3) is 0 Å². The summed E-state index contributed by atoms with van der Waals surface area (Å²) in [5, 5.41) is 2.58. The van der Waals surface area contributed by atoms with Crippen molar-refractivity contribution in [2.75, 3.05) is 0 Å². The summed E-state index contributed by atoms with van der Waals surface area (Å²) in [6.07, 6.45) is 5.85. The van der Waals surface area contributed by atoms with Crippen LogP contribution in [0.3, 0.4) is 0 Å². The number of allylic oxidation sites excluding steroid dienone is 3. The zero-order valence-electron chi connectivity index (χ0n) is 15.9. The van der Waals surface area contributed by atoms with Gasteiger partial charge in [0.2, 0.25) is 0 Å². The van der Waals surface area contributed by atoms with Gasteiger partial charge in [-0.05, 0) is 0 Å². The number of aromatic nitrogens is 1. The van der Waals surface area contributed by atoms with E-state index in [1.54, 1.807) is 0 Å². The molecule has 26 heavy (non-hydrogen) atoms. The molecule has 2 aromatic carbocycles. The molecule has 1 aromatic heterocycles. The second kappa shape index (κ2) is 7.24. The number of benzene rings is 2. The quantitative estimate of drug-likeness (QED) is 0.414. The number of rotatable bonds is 3. The van der Waals surface area contributed by atoms with E-state index in [2.05, 4.69) is 93.3 Å². The number of nitrogens with zero attached hydrogens (tertiary/aromatic N) is 1. The SMILES string of the molecule is C=C/C=C(\C)c1cc(-c2cc(C(C)(C)C)c3ccccc3c2)nc[c]1[Ge]. The van der Waals surface area contributed by atoms with Crippen LogP contribution < -0.4 is 4.40 Å². The van der Waals surface area contributed by atoms with Crippen molar-refractivity contribution in [3.05, 3.63) is 78.5 Å². The first kappa shape index (κ1) is 18.7. The Morgan fingerprint density at radius 1 is 1.12 bits per heavy atom. The van der Waals surface area contributed by atoms with Crippen molar-refractivity contribution in [3.63, 3.8) is 0 Å². The molecular formula is C24H24GeN. The van der Waals surface area contributed by atoms with Gasteiger partial charge in [0.15, 0.2) is 0 Å². The third-order valence-corrected chi connectivity index (χ3v) is 5.50. The Hall–Kier alpha value is -2.13. The summed E-state index contributed by atoms with van der Waals surface area (Å²) in [6.45, 7) is 12.7. The fraction of sp³-hybridized carbons (Fsp3) is 0.208. The van der Waals surface area contributed by atoms with Gasteiger partial charge < -0.3 is 0 Å². The van der Waals surface area contributed by atoms with E-state index >= 15 is 0 Å². The first-order chi connectivity index (χ1) is 12.3.